The molecule has 0 radical (unpaired) electrons. The first kappa shape index (κ1) is 14.0. The third kappa shape index (κ3) is 3.14. The number of halogens is 1. The molecular formula is C12H16IN5O. The number of carbonyl (C=O) groups excluding carboxylic acids is 1. The Hall–Kier alpha value is -1.38. The Morgan fingerprint density at radius 1 is 1.47 bits per heavy atom. The fourth-order valence-electron chi connectivity index (χ4n) is 1.79. The lowest BCUT2D eigenvalue weighted by Gasteiger charge is -2.14. The highest BCUT2D eigenvalue weighted by molar-refractivity contribution is 14.1. The molecule has 2 heterocycles. The molecule has 102 valence electrons. The van der Waals surface area contributed by atoms with Crippen molar-refractivity contribution in [1.82, 2.24) is 24.5 Å². The highest BCUT2D eigenvalue weighted by atomic mass is 127. The van der Waals surface area contributed by atoms with Crippen LogP contribution in [-0.2, 0) is 20.1 Å². The number of carbonyl (C=O) groups is 1. The van der Waals surface area contributed by atoms with Crippen molar-refractivity contribution in [2.45, 2.75) is 20.0 Å². The van der Waals surface area contributed by atoms with Gasteiger partial charge in [-0.05, 0) is 29.5 Å². The van der Waals surface area contributed by atoms with Gasteiger partial charge in [0.2, 0.25) is 0 Å². The molecule has 6 nitrogen and oxygen atoms in total. The molecule has 2 rings (SSSR count). The second-order valence-electron chi connectivity index (χ2n) is 4.36. The topological polar surface area (TPSA) is 56.0 Å². The van der Waals surface area contributed by atoms with Crippen LogP contribution in [-0.4, -0.2) is 37.4 Å². The minimum atomic E-state index is -0.0748. The van der Waals surface area contributed by atoms with Crippen LogP contribution in [0.3, 0.4) is 0 Å². The molecule has 0 saturated heterocycles. The van der Waals surface area contributed by atoms with E-state index in [9.17, 15) is 4.79 Å². The third-order valence-corrected chi connectivity index (χ3v) is 3.55. The molecule has 0 saturated carbocycles. The number of rotatable bonds is 4. The Bertz CT molecular complexity index is 589. The van der Waals surface area contributed by atoms with Gasteiger partial charge in [-0.15, -0.1) is 0 Å². The number of nitrogens with zero attached hydrogens (tertiary/aromatic N) is 5. The smallest absolute Gasteiger partial charge is 0.275 e. The molecule has 1 amide bonds. The second-order valence-corrected chi connectivity index (χ2v) is 5.53. The van der Waals surface area contributed by atoms with E-state index in [1.165, 1.54) is 0 Å². The van der Waals surface area contributed by atoms with E-state index in [2.05, 4.69) is 32.8 Å². The van der Waals surface area contributed by atoms with E-state index >= 15 is 0 Å². The average molecular weight is 373 g/mol. The summed E-state index contributed by atoms with van der Waals surface area (Å²) in [5.74, 6) is -0.0748. The predicted molar refractivity (Wildman–Crippen MR) is 79.6 cm³/mol. The van der Waals surface area contributed by atoms with Crippen LogP contribution in [0.5, 0.6) is 0 Å². The maximum absolute atomic E-state index is 12.3. The molecule has 0 atom stereocenters. The maximum Gasteiger partial charge on any atom is 0.275 e. The average Bonchev–Trinajstić information content (AvgIpc) is 2.94. The zero-order valence-electron chi connectivity index (χ0n) is 11.2. The van der Waals surface area contributed by atoms with E-state index in [0.29, 0.717) is 12.2 Å². The first-order chi connectivity index (χ1) is 9.01. The summed E-state index contributed by atoms with van der Waals surface area (Å²) in [5.41, 5.74) is 1.51. The summed E-state index contributed by atoms with van der Waals surface area (Å²) in [6, 6.07) is 0. The SMILES string of the molecule is CCn1cc(CN(C)C(=O)c2nn(C)cc2I)cn1. The van der Waals surface area contributed by atoms with Crippen molar-refractivity contribution in [3.63, 3.8) is 0 Å². The number of aromatic nitrogens is 4. The summed E-state index contributed by atoms with van der Waals surface area (Å²) in [4.78, 5) is 13.9. The molecule has 0 aliphatic carbocycles. The van der Waals surface area contributed by atoms with Crippen LogP contribution < -0.4 is 0 Å². The van der Waals surface area contributed by atoms with Gasteiger partial charge in [-0.3, -0.25) is 14.2 Å². The fraction of sp³-hybridized carbons (Fsp3) is 0.417. The summed E-state index contributed by atoms with van der Waals surface area (Å²) in [7, 11) is 3.58. The van der Waals surface area contributed by atoms with Gasteiger partial charge in [-0.2, -0.15) is 10.2 Å². The highest BCUT2D eigenvalue weighted by Crippen LogP contribution is 2.13. The summed E-state index contributed by atoms with van der Waals surface area (Å²) in [6.07, 6.45) is 5.57. The van der Waals surface area contributed by atoms with Crippen molar-refractivity contribution in [3.05, 3.63) is 33.4 Å². The molecule has 0 unspecified atom stereocenters. The van der Waals surface area contributed by atoms with Gasteiger partial charge in [0, 0.05) is 45.1 Å². The summed E-state index contributed by atoms with van der Waals surface area (Å²) >= 11 is 2.12. The summed E-state index contributed by atoms with van der Waals surface area (Å²) in [5, 5.41) is 8.39. The van der Waals surface area contributed by atoms with Crippen molar-refractivity contribution < 1.29 is 4.79 Å². The molecule has 19 heavy (non-hydrogen) atoms. The van der Waals surface area contributed by atoms with Gasteiger partial charge in [-0.25, -0.2) is 0 Å². The zero-order chi connectivity index (χ0) is 14.0. The van der Waals surface area contributed by atoms with E-state index in [1.54, 1.807) is 22.8 Å². The zero-order valence-corrected chi connectivity index (χ0v) is 13.3. The molecule has 0 fully saturated rings. The molecule has 0 bridgehead atoms. The Morgan fingerprint density at radius 3 is 2.74 bits per heavy atom. The normalized spacial score (nSPS) is 10.7. The van der Waals surface area contributed by atoms with E-state index in [4.69, 9.17) is 0 Å². The molecule has 0 spiro atoms. The van der Waals surface area contributed by atoms with Crippen LogP contribution in [0.2, 0.25) is 0 Å². The van der Waals surface area contributed by atoms with E-state index in [-0.39, 0.29) is 5.91 Å². The number of hydrogen-bond acceptors (Lipinski definition) is 3. The summed E-state index contributed by atoms with van der Waals surface area (Å²) < 4.78 is 4.36. The van der Waals surface area contributed by atoms with Crippen molar-refractivity contribution in [2.75, 3.05) is 7.05 Å². The Labute approximate surface area is 125 Å². The molecule has 0 aliphatic rings. The fourth-order valence-corrected chi connectivity index (χ4v) is 2.53. The largest absolute Gasteiger partial charge is 0.336 e. The minimum absolute atomic E-state index is 0.0748. The first-order valence-corrected chi connectivity index (χ1v) is 7.05. The van der Waals surface area contributed by atoms with Crippen LogP contribution in [0.4, 0.5) is 0 Å². The van der Waals surface area contributed by atoms with Crippen LogP contribution in [0.1, 0.15) is 23.0 Å². The van der Waals surface area contributed by atoms with Crippen LogP contribution in [0, 0.1) is 3.57 Å². The van der Waals surface area contributed by atoms with Gasteiger partial charge in [0.25, 0.3) is 5.91 Å². The van der Waals surface area contributed by atoms with Crippen molar-refractivity contribution in [1.29, 1.82) is 0 Å². The van der Waals surface area contributed by atoms with Gasteiger partial charge < -0.3 is 4.90 Å². The molecule has 0 aromatic carbocycles. The van der Waals surface area contributed by atoms with Gasteiger partial charge >= 0.3 is 0 Å². The molecule has 0 N–H and O–H groups in total. The van der Waals surface area contributed by atoms with E-state index < -0.39 is 0 Å². The van der Waals surface area contributed by atoms with Crippen LogP contribution in [0.25, 0.3) is 0 Å². The van der Waals surface area contributed by atoms with Crippen molar-refractivity contribution >= 4 is 28.5 Å². The van der Waals surface area contributed by atoms with Gasteiger partial charge in [0.15, 0.2) is 5.69 Å². The predicted octanol–water partition coefficient (Wildman–Crippen LogP) is 1.51. The standard InChI is InChI=1S/C12H16IN5O/c1-4-18-7-9(5-14-18)6-16(2)12(19)11-10(13)8-17(3)15-11/h5,7-8H,4,6H2,1-3H3. The first-order valence-electron chi connectivity index (χ1n) is 5.97. The lowest BCUT2D eigenvalue weighted by molar-refractivity contribution is 0.0777. The van der Waals surface area contributed by atoms with E-state index in [0.717, 1.165) is 15.7 Å². The Morgan fingerprint density at radius 2 is 2.21 bits per heavy atom. The third-order valence-electron chi connectivity index (χ3n) is 2.76. The van der Waals surface area contributed by atoms with Crippen LogP contribution in [0.15, 0.2) is 18.6 Å². The molecule has 2 aromatic heterocycles. The van der Waals surface area contributed by atoms with Crippen molar-refractivity contribution in [2.24, 2.45) is 7.05 Å². The van der Waals surface area contributed by atoms with Gasteiger partial charge in [0.05, 0.1) is 9.77 Å². The molecule has 2 aromatic rings. The second kappa shape index (κ2) is 5.72. The van der Waals surface area contributed by atoms with Gasteiger partial charge in [0.1, 0.15) is 0 Å². The van der Waals surface area contributed by atoms with Gasteiger partial charge in [-0.1, -0.05) is 0 Å². The molecule has 0 aliphatic heterocycles. The quantitative estimate of drug-likeness (QED) is 0.764. The minimum Gasteiger partial charge on any atom is -0.336 e. The number of aryl methyl sites for hydroxylation is 2. The lowest BCUT2D eigenvalue weighted by Crippen LogP contribution is -2.27. The van der Waals surface area contributed by atoms with Crippen molar-refractivity contribution in [3.8, 4) is 0 Å². The monoisotopic (exact) mass is 373 g/mol. The molecular weight excluding hydrogens is 357 g/mol. The number of amides is 1. The van der Waals surface area contributed by atoms with E-state index in [1.807, 2.05) is 31.0 Å². The molecule has 7 heteroatoms. The summed E-state index contributed by atoms with van der Waals surface area (Å²) in [6.45, 7) is 3.39. The highest BCUT2D eigenvalue weighted by Gasteiger charge is 2.19. The Kier molecular flexibility index (Phi) is 4.23. The maximum atomic E-state index is 12.3. The number of hydrogen-bond donors (Lipinski definition) is 0. The van der Waals surface area contributed by atoms with Crippen LogP contribution >= 0.6 is 22.6 Å². The Balaban J connectivity index is 2.09. The lowest BCUT2D eigenvalue weighted by atomic mass is 10.3.